The number of rotatable bonds is 5. The van der Waals surface area contributed by atoms with E-state index in [1.807, 2.05) is 6.07 Å². The van der Waals surface area contributed by atoms with E-state index >= 15 is 0 Å². The van der Waals surface area contributed by atoms with Crippen LogP contribution in [0.3, 0.4) is 0 Å². The van der Waals surface area contributed by atoms with Crippen LogP contribution in [0.1, 0.15) is 19.8 Å². The van der Waals surface area contributed by atoms with Crippen LogP contribution in [-0.2, 0) is 4.79 Å². The number of hydrogen-bond acceptors (Lipinski definition) is 6. The number of piperazine rings is 1. The summed E-state index contributed by atoms with van der Waals surface area (Å²) in [7, 11) is 0. The molecule has 1 amide bonds. The average Bonchev–Trinajstić information content (AvgIpc) is 2.75. The normalized spacial score (nSPS) is 18.2. The molecule has 0 atom stereocenters. The highest BCUT2D eigenvalue weighted by Crippen LogP contribution is 2.25. The largest absolute Gasteiger partial charge is 0.372 e. The Labute approximate surface area is 166 Å². The molecule has 0 spiro atoms. The van der Waals surface area contributed by atoms with Crippen LogP contribution in [0.15, 0.2) is 36.7 Å². The van der Waals surface area contributed by atoms with E-state index in [-0.39, 0.29) is 0 Å². The number of aromatic nitrogens is 2. The first-order valence-corrected chi connectivity index (χ1v) is 10.1. The first-order chi connectivity index (χ1) is 13.7. The summed E-state index contributed by atoms with van der Waals surface area (Å²) in [6, 6.07) is 10.5. The van der Waals surface area contributed by atoms with Gasteiger partial charge in [0.05, 0.1) is 0 Å². The monoisotopic (exact) mass is 380 g/mol. The molecule has 2 aliphatic heterocycles. The zero-order valence-corrected chi connectivity index (χ0v) is 16.4. The van der Waals surface area contributed by atoms with Crippen molar-refractivity contribution in [2.24, 2.45) is 5.92 Å². The van der Waals surface area contributed by atoms with Gasteiger partial charge < -0.3 is 20.0 Å². The number of anilines is 4. The minimum atomic E-state index is 0.729. The van der Waals surface area contributed by atoms with Crippen LogP contribution in [0.4, 0.5) is 23.0 Å². The van der Waals surface area contributed by atoms with E-state index in [2.05, 4.69) is 56.3 Å². The molecule has 7 heteroatoms. The molecule has 0 saturated carbocycles. The van der Waals surface area contributed by atoms with Gasteiger partial charge in [-0.25, -0.2) is 9.97 Å². The Morgan fingerprint density at radius 3 is 2.36 bits per heavy atom. The predicted octanol–water partition coefficient (Wildman–Crippen LogP) is 2.73. The lowest BCUT2D eigenvalue weighted by Crippen LogP contribution is -2.46. The standard InChI is InChI=1S/C21H28N6O/c1-17-6-8-26(9-7-17)19-4-2-18(3-5-19)24-20-14-21(23-15-22-20)27-12-10-25(16-28)11-13-27/h2-5,14-17H,6-13H2,1H3,(H,22,23,24). The molecule has 0 aliphatic carbocycles. The van der Waals surface area contributed by atoms with Crippen molar-refractivity contribution in [1.29, 1.82) is 0 Å². The van der Waals surface area contributed by atoms with E-state index in [9.17, 15) is 4.79 Å². The molecule has 2 saturated heterocycles. The lowest BCUT2D eigenvalue weighted by atomic mass is 9.99. The zero-order valence-electron chi connectivity index (χ0n) is 16.4. The lowest BCUT2D eigenvalue weighted by molar-refractivity contribution is -0.118. The number of carbonyl (C=O) groups excluding carboxylic acids is 1. The van der Waals surface area contributed by atoms with Crippen LogP contribution in [-0.4, -0.2) is 60.5 Å². The first kappa shape index (κ1) is 18.5. The van der Waals surface area contributed by atoms with Crippen molar-refractivity contribution in [1.82, 2.24) is 14.9 Å². The molecule has 0 unspecified atom stereocenters. The van der Waals surface area contributed by atoms with Crippen molar-refractivity contribution < 1.29 is 4.79 Å². The Morgan fingerprint density at radius 2 is 1.68 bits per heavy atom. The molecule has 4 rings (SSSR count). The summed E-state index contributed by atoms with van der Waals surface area (Å²) in [5.74, 6) is 2.51. The topological polar surface area (TPSA) is 64.6 Å². The van der Waals surface area contributed by atoms with Crippen LogP contribution >= 0.6 is 0 Å². The first-order valence-electron chi connectivity index (χ1n) is 10.1. The summed E-state index contributed by atoms with van der Waals surface area (Å²) in [4.78, 5) is 26.1. The Morgan fingerprint density at radius 1 is 0.964 bits per heavy atom. The smallest absolute Gasteiger partial charge is 0.209 e. The minimum absolute atomic E-state index is 0.729. The number of hydrogen-bond donors (Lipinski definition) is 1. The van der Waals surface area contributed by atoms with Gasteiger partial charge >= 0.3 is 0 Å². The molecular formula is C21H28N6O. The number of carbonyl (C=O) groups is 1. The fourth-order valence-corrected chi connectivity index (χ4v) is 3.82. The van der Waals surface area contributed by atoms with Crippen molar-refractivity contribution in [3.8, 4) is 0 Å². The van der Waals surface area contributed by atoms with Gasteiger partial charge in [0.15, 0.2) is 0 Å². The molecule has 148 valence electrons. The molecule has 0 radical (unpaired) electrons. The maximum atomic E-state index is 10.9. The predicted molar refractivity (Wildman–Crippen MR) is 112 cm³/mol. The van der Waals surface area contributed by atoms with E-state index in [1.165, 1.54) is 18.5 Å². The van der Waals surface area contributed by atoms with Gasteiger partial charge in [-0.3, -0.25) is 4.79 Å². The fraction of sp³-hybridized carbons (Fsp3) is 0.476. The van der Waals surface area contributed by atoms with Gasteiger partial charge in [0.1, 0.15) is 18.0 Å². The molecule has 1 aromatic heterocycles. The average molecular weight is 380 g/mol. The van der Waals surface area contributed by atoms with E-state index in [1.54, 1.807) is 11.2 Å². The second-order valence-electron chi connectivity index (χ2n) is 7.73. The maximum Gasteiger partial charge on any atom is 0.209 e. The highest BCUT2D eigenvalue weighted by atomic mass is 16.1. The van der Waals surface area contributed by atoms with Gasteiger partial charge in [0, 0.05) is 56.7 Å². The van der Waals surface area contributed by atoms with E-state index in [0.717, 1.165) is 68.9 Å². The Bertz CT molecular complexity index is 780. The second kappa shape index (κ2) is 8.46. The number of benzene rings is 1. The highest BCUT2D eigenvalue weighted by molar-refractivity contribution is 5.62. The van der Waals surface area contributed by atoms with Crippen molar-refractivity contribution in [2.45, 2.75) is 19.8 Å². The molecule has 3 heterocycles. The Kier molecular flexibility index (Phi) is 5.60. The van der Waals surface area contributed by atoms with Gasteiger partial charge in [-0.1, -0.05) is 6.92 Å². The quantitative estimate of drug-likeness (QED) is 0.805. The molecule has 2 fully saturated rings. The molecule has 28 heavy (non-hydrogen) atoms. The van der Waals surface area contributed by atoms with Gasteiger partial charge in [0.25, 0.3) is 0 Å². The summed E-state index contributed by atoms with van der Waals surface area (Å²) in [5.41, 5.74) is 2.30. The van der Waals surface area contributed by atoms with Gasteiger partial charge in [0.2, 0.25) is 6.41 Å². The zero-order chi connectivity index (χ0) is 19.3. The van der Waals surface area contributed by atoms with Crippen molar-refractivity contribution in [3.63, 3.8) is 0 Å². The van der Waals surface area contributed by atoms with Crippen LogP contribution in [0.5, 0.6) is 0 Å². The SMILES string of the molecule is CC1CCN(c2ccc(Nc3cc(N4CCN(C=O)CC4)ncn3)cc2)CC1. The number of piperidine rings is 1. The number of nitrogens with one attached hydrogen (secondary N) is 1. The van der Waals surface area contributed by atoms with E-state index in [4.69, 9.17) is 0 Å². The summed E-state index contributed by atoms with van der Waals surface area (Å²) in [6.45, 7) is 7.65. The molecule has 1 aromatic carbocycles. The number of nitrogens with zero attached hydrogens (tertiary/aromatic N) is 5. The molecular weight excluding hydrogens is 352 g/mol. The molecule has 2 aliphatic rings. The van der Waals surface area contributed by atoms with Gasteiger partial charge in [-0.05, 0) is 43.0 Å². The Balaban J connectivity index is 1.38. The highest BCUT2D eigenvalue weighted by Gasteiger charge is 2.18. The van der Waals surface area contributed by atoms with Crippen LogP contribution in [0.2, 0.25) is 0 Å². The van der Waals surface area contributed by atoms with Gasteiger partial charge in [-0.2, -0.15) is 0 Å². The summed E-state index contributed by atoms with van der Waals surface area (Å²) in [5, 5.41) is 3.38. The minimum Gasteiger partial charge on any atom is -0.372 e. The van der Waals surface area contributed by atoms with Crippen molar-refractivity contribution in [2.75, 3.05) is 54.4 Å². The number of amides is 1. The maximum absolute atomic E-state index is 10.9. The molecule has 2 aromatic rings. The van der Waals surface area contributed by atoms with Gasteiger partial charge in [-0.15, -0.1) is 0 Å². The Hall–Kier alpha value is -2.83. The van der Waals surface area contributed by atoms with Crippen molar-refractivity contribution >= 4 is 29.4 Å². The third-order valence-electron chi connectivity index (χ3n) is 5.73. The van der Waals surface area contributed by atoms with E-state index in [0.29, 0.717) is 0 Å². The summed E-state index contributed by atoms with van der Waals surface area (Å²) < 4.78 is 0. The fourth-order valence-electron chi connectivity index (χ4n) is 3.82. The summed E-state index contributed by atoms with van der Waals surface area (Å²) >= 11 is 0. The molecule has 7 nitrogen and oxygen atoms in total. The lowest BCUT2D eigenvalue weighted by Gasteiger charge is -2.33. The molecule has 0 bridgehead atoms. The second-order valence-corrected chi connectivity index (χ2v) is 7.73. The third kappa shape index (κ3) is 4.35. The van der Waals surface area contributed by atoms with Crippen LogP contribution in [0, 0.1) is 5.92 Å². The third-order valence-corrected chi connectivity index (χ3v) is 5.73. The van der Waals surface area contributed by atoms with Crippen molar-refractivity contribution in [3.05, 3.63) is 36.7 Å². The van der Waals surface area contributed by atoms with Crippen LogP contribution < -0.4 is 15.1 Å². The van der Waals surface area contributed by atoms with E-state index < -0.39 is 0 Å². The molecule has 1 N–H and O–H groups in total. The summed E-state index contributed by atoms with van der Waals surface area (Å²) in [6.07, 6.45) is 5.04. The van der Waals surface area contributed by atoms with Crippen LogP contribution in [0.25, 0.3) is 0 Å².